The average molecular weight is 408 g/mol. The van der Waals surface area contributed by atoms with E-state index in [4.69, 9.17) is 14.2 Å². The number of hydrogen-bond acceptors (Lipinski definition) is 7. The van der Waals surface area contributed by atoms with Gasteiger partial charge in [-0.2, -0.15) is 0 Å². The molecule has 0 aliphatic carbocycles. The summed E-state index contributed by atoms with van der Waals surface area (Å²) in [5, 5.41) is 2.21. The van der Waals surface area contributed by atoms with E-state index in [2.05, 4.69) is 5.32 Å². The van der Waals surface area contributed by atoms with E-state index in [0.717, 1.165) is 16.7 Å². The van der Waals surface area contributed by atoms with Crippen LogP contribution >= 0.6 is 11.8 Å². The molecule has 1 aliphatic heterocycles. The van der Waals surface area contributed by atoms with Gasteiger partial charge in [0, 0.05) is 6.54 Å². The van der Waals surface area contributed by atoms with E-state index in [1.54, 1.807) is 18.2 Å². The fraction of sp³-hybridized carbons (Fsp3) is 0.421. The molecule has 0 unspecified atom stereocenters. The zero-order valence-electron chi connectivity index (χ0n) is 16.5. The van der Waals surface area contributed by atoms with Crippen molar-refractivity contribution in [3.8, 4) is 17.2 Å². The van der Waals surface area contributed by atoms with Crippen molar-refractivity contribution >= 4 is 34.9 Å². The van der Waals surface area contributed by atoms with Crippen LogP contribution in [0.5, 0.6) is 17.2 Å². The normalized spacial score (nSPS) is 15.4. The third-order valence-corrected chi connectivity index (χ3v) is 4.77. The van der Waals surface area contributed by atoms with E-state index in [1.807, 2.05) is 13.8 Å². The molecule has 1 aliphatic rings. The second-order valence-corrected chi connectivity index (χ2v) is 7.42. The lowest BCUT2D eigenvalue weighted by Crippen LogP contribution is -2.40. The molecule has 0 radical (unpaired) electrons. The number of carbonyl (C=O) groups excluding carboxylic acids is 3. The van der Waals surface area contributed by atoms with E-state index in [1.165, 1.54) is 21.3 Å². The molecule has 9 heteroatoms. The molecule has 8 nitrogen and oxygen atoms in total. The van der Waals surface area contributed by atoms with Gasteiger partial charge >= 0.3 is 0 Å². The number of nitrogens with one attached hydrogen (secondary N) is 1. The maximum Gasteiger partial charge on any atom is 0.294 e. The maximum atomic E-state index is 12.6. The third kappa shape index (κ3) is 4.98. The minimum atomic E-state index is -0.511. The lowest BCUT2D eigenvalue weighted by Gasteiger charge is -2.14. The molecular formula is C19H24N2O6S. The van der Waals surface area contributed by atoms with Crippen molar-refractivity contribution < 1.29 is 28.6 Å². The molecule has 1 aromatic rings. The Balaban J connectivity index is 2.22. The summed E-state index contributed by atoms with van der Waals surface area (Å²) in [6.45, 7) is 4.10. The van der Waals surface area contributed by atoms with E-state index in [9.17, 15) is 14.4 Å². The van der Waals surface area contributed by atoms with Crippen molar-refractivity contribution in [3.05, 3.63) is 22.6 Å². The first-order valence-electron chi connectivity index (χ1n) is 8.62. The number of benzene rings is 1. The Labute approximate surface area is 168 Å². The van der Waals surface area contributed by atoms with Crippen molar-refractivity contribution in [3.63, 3.8) is 0 Å². The monoisotopic (exact) mass is 408 g/mol. The third-order valence-electron chi connectivity index (χ3n) is 3.87. The SMILES string of the molecule is COc1cc(/C=C2\SC(=O)N(CC(=O)NCC(C)C)C2=O)cc(OC)c1OC. The number of rotatable bonds is 8. The topological polar surface area (TPSA) is 94.2 Å². The molecule has 28 heavy (non-hydrogen) atoms. The fourth-order valence-corrected chi connectivity index (χ4v) is 3.33. The van der Waals surface area contributed by atoms with Gasteiger partial charge in [-0.25, -0.2) is 0 Å². The molecule has 3 amide bonds. The lowest BCUT2D eigenvalue weighted by molar-refractivity contribution is -0.129. The molecule has 1 heterocycles. The molecule has 2 rings (SSSR count). The minimum Gasteiger partial charge on any atom is -0.493 e. The Morgan fingerprint density at radius 3 is 2.25 bits per heavy atom. The van der Waals surface area contributed by atoms with Gasteiger partial charge in [0.05, 0.1) is 26.2 Å². The summed E-state index contributed by atoms with van der Waals surface area (Å²) in [6.07, 6.45) is 1.56. The van der Waals surface area contributed by atoms with Crippen molar-refractivity contribution in [1.29, 1.82) is 0 Å². The van der Waals surface area contributed by atoms with Gasteiger partial charge in [-0.1, -0.05) is 13.8 Å². The molecule has 1 aromatic carbocycles. The van der Waals surface area contributed by atoms with E-state index < -0.39 is 11.1 Å². The average Bonchev–Trinajstić information content (AvgIpc) is 2.92. The van der Waals surface area contributed by atoms with Crippen LogP contribution in [-0.2, 0) is 9.59 Å². The highest BCUT2D eigenvalue weighted by Crippen LogP contribution is 2.40. The van der Waals surface area contributed by atoms with E-state index in [-0.39, 0.29) is 23.3 Å². The summed E-state index contributed by atoms with van der Waals surface area (Å²) in [5.74, 6) is 0.685. The first-order valence-corrected chi connectivity index (χ1v) is 9.44. The van der Waals surface area contributed by atoms with E-state index in [0.29, 0.717) is 29.4 Å². The molecule has 1 fully saturated rings. The summed E-state index contributed by atoms with van der Waals surface area (Å²) in [7, 11) is 4.48. The quantitative estimate of drug-likeness (QED) is 0.661. The number of amides is 3. The predicted octanol–water partition coefficient (Wildman–Crippen LogP) is 2.52. The Bertz CT molecular complexity index is 781. The number of nitrogens with zero attached hydrogens (tertiary/aromatic N) is 1. The Hall–Kier alpha value is -2.68. The standard InChI is InChI=1S/C19H24N2O6S/c1-11(2)9-20-16(22)10-21-18(23)15(28-19(21)24)8-12-6-13(25-3)17(27-5)14(7-12)26-4/h6-8,11H,9-10H2,1-5H3,(H,20,22)/b15-8-. The number of ether oxygens (including phenoxy) is 3. The summed E-state index contributed by atoms with van der Waals surface area (Å²) in [6, 6.07) is 3.34. The molecule has 0 saturated carbocycles. The zero-order chi connectivity index (χ0) is 20.8. The van der Waals surface area contributed by atoms with Gasteiger partial charge in [-0.05, 0) is 41.5 Å². The highest BCUT2D eigenvalue weighted by Gasteiger charge is 2.36. The first kappa shape index (κ1) is 21.6. The van der Waals surface area contributed by atoms with Crippen LogP contribution in [0.4, 0.5) is 4.79 Å². The number of imide groups is 1. The molecule has 152 valence electrons. The van der Waals surface area contributed by atoms with Crippen molar-refractivity contribution in [2.24, 2.45) is 5.92 Å². The summed E-state index contributed by atoms with van der Waals surface area (Å²) in [4.78, 5) is 37.9. The van der Waals surface area contributed by atoms with Crippen molar-refractivity contribution in [2.45, 2.75) is 13.8 Å². The van der Waals surface area contributed by atoms with Crippen molar-refractivity contribution in [1.82, 2.24) is 10.2 Å². The number of methoxy groups -OCH3 is 3. The van der Waals surface area contributed by atoms with Crippen LogP contribution in [0.15, 0.2) is 17.0 Å². The van der Waals surface area contributed by atoms with E-state index >= 15 is 0 Å². The van der Waals surface area contributed by atoms with Crippen molar-refractivity contribution in [2.75, 3.05) is 34.4 Å². The maximum absolute atomic E-state index is 12.6. The molecular weight excluding hydrogens is 384 g/mol. The minimum absolute atomic E-state index is 0.218. The molecule has 0 bridgehead atoms. The van der Waals surface area contributed by atoms with Crippen LogP contribution in [0.1, 0.15) is 19.4 Å². The summed E-state index contributed by atoms with van der Waals surface area (Å²) < 4.78 is 15.9. The summed E-state index contributed by atoms with van der Waals surface area (Å²) in [5.41, 5.74) is 0.601. The second-order valence-electron chi connectivity index (χ2n) is 6.42. The predicted molar refractivity (Wildman–Crippen MR) is 107 cm³/mol. The van der Waals surface area contributed by atoms with Gasteiger partial charge in [-0.3, -0.25) is 19.3 Å². The van der Waals surface area contributed by atoms with Gasteiger partial charge in [0.2, 0.25) is 11.7 Å². The number of thioether (sulfide) groups is 1. The van der Waals surface area contributed by atoms with Gasteiger partial charge < -0.3 is 19.5 Å². The van der Waals surface area contributed by atoms with Crippen LogP contribution in [0.2, 0.25) is 0 Å². The molecule has 0 spiro atoms. The molecule has 1 N–H and O–H groups in total. The number of hydrogen-bond donors (Lipinski definition) is 1. The Morgan fingerprint density at radius 2 is 1.75 bits per heavy atom. The zero-order valence-corrected chi connectivity index (χ0v) is 17.3. The Kier molecular flexibility index (Phi) is 7.33. The van der Waals surface area contributed by atoms with Gasteiger partial charge in [0.1, 0.15) is 6.54 Å². The molecule has 0 aromatic heterocycles. The Morgan fingerprint density at radius 1 is 1.14 bits per heavy atom. The van der Waals surface area contributed by atoms with Crippen LogP contribution in [0.3, 0.4) is 0 Å². The van der Waals surface area contributed by atoms with Gasteiger partial charge in [0.15, 0.2) is 11.5 Å². The number of carbonyl (C=O) groups is 3. The molecule has 0 atom stereocenters. The highest BCUT2D eigenvalue weighted by atomic mass is 32.2. The fourth-order valence-electron chi connectivity index (χ4n) is 2.49. The van der Waals surface area contributed by atoms with Crippen LogP contribution in [0, 0.1) is 5.92 Å². The van der Waals surface area contributed by atoms with Crippen LogP contribution in [0.25, 0.3) is 6.08 Å². The van der Waals surface area contributed by atoms with Gasteiger partial charge in [0.25, 0.3) is 11.1 Å². The van der Waals surface area contributed by atoms with Gasteiger partial charge in [-0.15, -0.1) is 0 Å². The molecule has 1 saturated heterocycles. The highest BCUT2D eigenvalue weighted by molar-refractivity contribution is 8.18. The second kappa shape index (κ2) is 9.50. The lowest BCUT2D eigenvalue weighted by atomic mass is 10.1. The van der Waals surface area contributed by atoms with Crippen LogP contribution < -0.4 is 19.5 Å². The summed E-state index contributed by atoms with van der Waals surface area (Å²) >= 11 is 0.786. The van der Waals surface area contributed by atoms with Crippen LogP contribution in [-0.4, -0.2) is 56.4 Å². The largest absolute Gasteiger partial charge is 0.493 e. The first-order chi connectivity index (χ1) is 13.3. The smallest absolute Gasteiger partial charge is 0.294 e.